The van der Waals surface area contributed by atoms with Crippen LogP contribution < -0.4 is 0 Å². The standard InChI is InChI=1S/C10H12O5/c11-8(12)6-10(15,9(13)14)7-4-2-1-3-5-7/h1-5,8,11-12,15H,6H2,(H,13,14). The summed E-state index contributed by atoms with van der Waals surface area (Å²) in [4.78, 5) is 10.9. The van der Waals surface area contributed by atoms with Crippen LogP contribution in [0.5, 0.6) is 0 Å². The van der Waals surface area contributed by atoms with E-state index in [0.717, 1.165) is 0 Å². The monoisotopic (exact) mass is 212 g/mol. The highest BCUT2D eigenvalue weighted by Crippen LogP contribution is 2.26. The van der Waals surface area contributed by atoms with Crippen molar-refractivity contribution in [2.45, 2.75) is 18.3 Å². The Morgan fingerprint density at radius 1 is 1.27 bits per heavy atom. The molecule has 0 aliphatic carbocycles. The normalized spacial score (nSPS) is 14.9. The molecule has 0 aromatic heterocycles. The fourth-order valence-electron chi connectivity index (χ4n) is 1.31. The molecule has 0 bridgehead atoms. The molecule has 1 unspecified atom stereocenters. The predicted octanol–water partition coefficient (Wildman–Crippen LogP) is -0.340. The van der Waals surface area contributed by atoms with Crippen LogP contribution in [0.3, 0.4) is 0 Å². The van der Waals surface area contributed by atoms with Crippen molar-refractivity contribution < 1.29 is 25.2 Å². The van der Waals surface area contributed by atoms with Crippen LogP contribution in [0.1, 0.15) is 12.0 Å². The summed E-state index contributed by atoms with van der Waals surface area (Å²) in [6, 6.07) is 7.62. The second-order valence-electron chi connectivity index (χ2n) is 3.22. The Labute approximate surface area is 86.2 Å². The first-order chi connectivity index (χ1) is 6.97. The minimum atomic E-state index is -2.27. The SMILES string of the molecule is O=C(O)C(O)(CC(O)O)c1ccccc1. The third-order valence-electron chi connectivity index (χ3n) is 2.08. The summed E-state index contributed by atoms with van der Waals surface area (Å²) in [5.74, 6) is -1.51. The van der Waals surface area contributed by atoms with Gasteiger partial charge in [-0.25, -0.2) is 4.79 Å². The van der Waals surface area contributed by atoms with Gasteiger partial charge in [-0.15, -0.1) is 0 Å². The van der Waals surface area contributed by atoms with E-state index >= 15 is 0 Å². The number of aliphatic hydroxyl groups excluding tert-OH is 1. The zero-order valence-electron chi connectivity index (χ0n) is 7.87. The Kier molecular flexibility index (Phi) is 3.41. The van der Waals surface area contributed by atoms with Gasteiger partial charge < -0.3 is 20.4 Å². The van der Waals surface area contributed by atoms with Gasteiger partial charge in [-0.05, 0) is 5.56 Å². The molecule has 5 nitrogen and oxygen atoms in total. The number of aliphatic hydroxyl groups is 3. The van der Waals surface area contributed by atoms with Gasteiger partial charge in [0.1, 0.15) is 0 Å². The molecule has 0 amide bonds. The summed E-state index contributed by atoms with van der Waals surface area (Å²) >= 11 is 0. The molecule has 0 aliphatic heterocycles. The Morgan fingerprint density at radius 2 is 1.80 bits per heavy atom. The fourth-order valence-corrected chi connectivity index (χ4v) is 1.31. The van der Waals surface area contributed by atoms with Crippen LogP contribution in [0.15, 0.2) is 30.3 Å². The average molecular weight is 212 g/mol. The average Bonchev–Trinajstić information content (AvgIpc) is 2.17. The lowest BCUT2D eigenvalue weighted by Crippen LogP contribution is -2.39. The zero-order valence-corrected chi connectivity index (χ0v) is 7.87. The van der Waals surface area contributed by atoms with E-state index in [4.69, 9.17) is 15.3 Å². The summed E-state index contributed by atoms with van der Waals surface area (Å²) in [5, 5.41) is 36.1. The Bertz CT molecular complexity index is 335. The quantitative estimate of drug-likeness (QED) is 0.512. The predicted molar refractivity (Wildman–Crippen MR) is 50.8 cm³/mol. The maximum atomic E-state index is 10.9. The topological polar surface area (TPSA) is 98.0 Å². The van der Waals surface area contributed by atoms with Gasteiger partial charge in [-0.3, -0.25) is 0 Å². The largest absolute Gasteiger partial charge is 0.479 e. The van der Waals surface area contributed by atoms with Gasteiger partial charge in [0.2, 0.25) is 0 Å². The van der Waals surface area contributed by atoms with Gasteiger partial charge in [0.15, 0.2) is 11.9 Å². The van der Waals surface area contributed by atoms with Crippen LogP contribution in [0.25, 0.3) is 0 Å². The van der Waals surface area contributed by atoms with E-state index in [1.54, 1.807) is 18.2 Å². The molecule has 0 aliphatic rings. The molecule has 5 heteroatoms. The number of aliphatic carboxylic acids is 1. The van der Waals surface area contributed by atoms with E-state index in [1.165, 1.54) is 12.1 Å². The van der Waals surface area contributed by atoms with Gasteiger partial charge in [-0.2, -0.15) is 0 Å². The first kappa shape index (κ1) is 11.6. The van der Waals surface area contributed by atoms with Crippen molar-refractivity contribution in [3.8, 4) is 0 Å². The van der Waals surface area contributed by atoms with Crippen molar-refractivity contribution in [1.82, 2.24) is 0 Å². The van der Waals surface area contributed by atoms with E-state index < -0.39 is 24.3 Å². The van der Waals surface area contributed by atoms with Crippen molar-refractivity contribution in [2.24, 2.45) is 0 Å². The first-order valence-corrected chi connectivity index (χ1v) is 4.34. The fraction of sp³-hybridized carbons (Fsp3) is 0.300. The van der Waals surface area contributed by atoms with Crippen LogP contribution in [-0.4, -0.2) is 32.7 Å². The van der Waals surface area contributed by atoms with Gasteiger partial charge in [0, 0.05) is 6.42 Å². The molecule has 0 saturated heterocycles. The van der Waals surface area contributed by atoms with Crippen LogP contribution in [0, 0.1) is 0 Å². The highest BCUT2D eigenvalue weighted by molar-refractivity contribution is 5.79. The second-order valence-corrected chi connectivity index (χ2v) is 3.22. The smallest absolute Gasteiger partial charge is 0.340 e. The highest BCUT2D eigenvalue weighted by Gasteiger charge is 2.39. The van der Waals surface area contributed by atoms with E-state index in [-0.39, 0.29) is 5.56 Å². The number of rotatable bonds is 4. The molecular formula is C10H12O5. The molecule has 15 heavy (non-hydrogen) atoms. The molecule has 0 radical (unpaired) electrons. The van der Waals surface area contributed by atoms with E-state index in [0.29, 0.717) is 0 Å². The maximum absolute atomic E-state index is 10.9. The Balaban J connectivity index is 3.07. The number of carboxylic acids is 1. The minimum Gasteiger partial charge on any atom is -0.479 e. The number of hydrogen-bond donors (Lipinski definition) is 4. The van der Waals surface area contributed by atoms with Crippen molar-refractivity contribution >= 4 is 5.97 Å². The third kappa shape index (κ3) is 2.53. The van der Waals surface area contributed by atoms with E-state index in [1.807, 2.05) is 0 Å². The van der Waals surface area contributed by atoms with Crippen molar-refractivity contribution in [2.75, 3.05) is 0 Å². The molecule has 1 rings (SSSR count). The second kappa shape index (κ2) is 4.39. The lowest BCUT2D eigenvalue weighted by Gasteiger charge is -2.24. The molecule has 0 fully saturated rings. The van der Waals surface area contributed by atoms with Crippen LogP contribution in [0.4, 0.5) is 0 Å². The van der Waals surface area contributed by atoms with E-state index in [2.05, 4.69) is 0 Å². The number of hydrogen-bond acceptors (Lipinski definition) is 4. The Hall–Kier alpha value is -1.43. The number of carbonyl (C=O) groups is 1. The molecule has 0 heterocycles. The molecule has 1 aromatic rings. The molecular weight excluding hydrogens is 200 g/mol. The molecule has 0 spiro atoms. The van der Waals surface area contributed by atoms with Crippen LogP contribution >= 0.6 is 0 Å². The van der Waals surface area contributed by atoms with Gasteiger partial charge in [-0.1, -0.05) is 30.3 Å². The van der Waals surface area contributed by atoms with Crippen LogP contribution in [0.2, 0.25) is 0 Å². The van der Waals surface area contributed by atoms with Gasteiger partial charge >= 0.3 is 5.97 Å². The number of benzene rings is 1. The summed E-state index contributed by atoms with van der Waals surface area (Å²) < 4.78 is 0. The molecule has 1 aromatic carbocycles. The Morgan fingerprint density at radius 3 is 2.20 bits per heavy atom. The highest BCUT2D eigenvalue weighted by atomic mass is 16.5. The minimum absolute atomic E-state index is 0.116. The molecule has 82 valence electrons. The zero-order chi connectivity index (χ0) is 11.5. The van der Waals surface area contributed by atoms with Gasteiger partial charge in [0.05, 0.1) is 0 Å². The summed E-state index contributed by atoms with van der Waals surface area (Å²) in [6.07, 6.45) is -2.56. The number of carboxylic acid groups (broad SMARTS) is 1. The van der Waals surface area contributed by atoms with Crippen molar-refractivity contribution in [3.05, 3.63) is 35.9 Å². The lowest BCUT2D eigenvalue weighted by atomic mass is 9.90. The summed E-state index contributed by atoms with van der Waals surface area (Å²) in [6.45, 7) is 0. The van der Waals surface area contributed by atoms with Crippen molar-refractivity contribution in [3.63, 3.8) is 0 Å². The summed E-state index contributed by atoms with van der Waals surface area (Å²) in [7, 11) is 0. The van der Waals surface area contributed by atoms with Crippen LogP contribution in [-0.2, 0) is 10.4 Å². The third-order valence-corrected chi connectivity index (χ3v) is 2.08. The summed E-state index contributed by atoms with van der Waals surface area (Å²) in [5.41, 5.74) is -2.15. The molecule has 4 N–H and O–H groups in total. The molecule has 0 saturated carbocycles. The van der Waals surface area contributed by atoms with Crippen molar-refractivity contribution in [1.29, 1.82) is 0 Å². The van der Waals surface area contributed by atoms with E-state index in [9.17, 15) is 9.90 Å². The molecule has 1 atom stereocenters. The van der Waals surface area contributed by atoms with Gasteiger partial charge in [0.25, 0.3) is 0 Å². The maximum Gasteiger partial charge on any atom is 0.340 e. The first-order valence-electron chi connectivity index (χ1n) is 4.34. The lowest BCUT2D eigenvalue weighted by molar-refractivity contribution is -0.171.